The summed E-state index contributed by atoms with van der Waals surface area (Å²) in [5, 5.41) is 14.0. The summed E-state index contributed by atoms with van der Waals surface area (Å²) < 4.78 is 6.31. The Morgan fingerprint density at radius 1 is 1.75 bits per heavy atom. The van der Waals surface area contributed by atoms with E-state index in [2.05, 4.69) is 5.10 Å². The fraction of sp³-hybridized carbons (Fsp3) is 0.600. The van der Waals surface area contributed by atoms with Crippen LogP contribution in [0.15, 0.2) is 6.20 Å². The van der Waals surface area contributed by atoms with Gasteiger partial charge in [0.2, 0.25) is 0 Å². The quantitative estimate of drug-likeness (QED) is 0.693. The molecule has 6 nitrogen and oxygen atoms in total. The summed E-state index contributed by atoms with van der Waals surface area (Å²) in [7, 11) is 1.67. The van der Waals surface area contributed by atoms with Crippen molar-refractivity contribution in [3.05, 3.63) is 17.5 Å². The van der Waals surface area contributed by atoms with Crippen LogP contribution < -0.4 is 5.73 Å². The zero-order chi connectivity index (χ0) is 12.3. The number of aromatic nitrogens is 2. The number of esters is 1. The molecule has 0 aliphatic carbocycles. The van der Waals surface area contributed by atoms with Gasteiger partial charge in [-0.1, -0.05) is 0 Å². The van der Waals surface area contributed by atoms with Crippen molar-refractivity contribution < 1.29 is 14.6 Å². The van der Waals surface area contributed by atoms with Gasteiger partial charge in [0, 0.05) is 25.4 Å². The number of rotatable bonds is 4. The Hall–Kier alpha value is -1.40. The predicted octanol–water partition coefficient (Wildman–Crippen LogP) is -0.237. The van der Waals surface area contributed by atoms with Gasteiger partial charge in [0.05, 0.1) is 6.61 Å². The van der Waals surface area contributed by atoms with E-state index in [4.69, 9.17) is 10.5 Å². The van der Waals surface area contributed by atoms with Crippen LogP contribution in [0.25, 0.3) is 0 Å². The van der Waals surface area contributed by atoms with Crippen LogP contribution in [0.5, 0.6) is 0 Å². The molecule has 90 valence electrons. The molecule has 1 unspecified atom stereocenters. The number of carbonyl (C=O) groups excluding carboxylic acids is 1. The molecule has 0 saturated carbocycles. The van der Waals surface area contributed by atoms with Crippen molar-refractivity contribution in [2.45, 2.75) is 19.4 Å². The molecular formula is C10H17N3O3. The molecule has 6 heteroatoms. The van der Waals surface area contributed by atoms with Gasteiger partial charge < -0.3 is 15.6 Å². The van der Waals surface area contributed by atoms with Gasteiger partial charge in [0.1, 0.15) is 5.60 Å². The number of aliphatic hydroxyl groups is 1. The number of hydrogen-bond acceptors (Lipinski definition) is 5. The van der Waals surface area contributed by atoms with Crippen LogP contribution in [0, 0.1) is 0 Å². The third-order valence-electron chi connectivity index (χ3n) is 2.28. The molecule has 0 bridgehead atoms. The van der Waals surface area contributed by atoms with Gasteiger partial charge in [-0.15, -0.1) is 0 Å². The Kier molecular flexibility index (Phi) is 3.66. The minimum atomic E-state index is -1.28. The normalized spacial score (nSPS) is 14.6. The lowest BCUT2D eigenvalue weighted by atomic mass is 9.97. The summed E-state index contributed by atoms with van der Waals surface area (Å²) in [6.07, 6.45) is 1.57. The lowest BCUT2D eigenvalue weighted by Crippen LogP contribution is -2.32. The van der Waals surface area contributed by atoms with Gasteiger partial charge in [-0.2, -0.15) is 5.10 Å². The molecule has 0 spiro atoms. The maximum absolute atomic E-state index is 11.6. The van der Waals surface area contributed by atoms with Gasteiger partial charge in [0.25, 0.3) is 0 Å². The zero-order valence-electron chi connectivity index (χ0n) is 9.73. The smallest absolute Gasteiger partial charge is 0.359 e. The Bertz CT molecular complexity index is 385. The average Bonchev–Trinajstić information content (AvgIpc) is 2.61. The van der Waals surface area contributed by atoms with Crippen LogP contribution in [-0.2, 0) is 17.4 Å². The first-order valence-corrected chi connectivity index (χ1v) is 5.06. The van der Waals surface area contributed by atoms with E-state index in [9.17, 15) is 9.90 Å². The van der Waals surface area contributed by atoms with Crippen molar-refractivity contribution in [1.29, 1.82) is 0 Å². The summed E-state index contributed by atoms with van der Waals surface area (Å²) in [5.74, 6) is -0.549. The predicted molar refractivity (Wildman–Crippen MR) is 57.8 cm³/mol. The molecule has 0 amide bonds. The van der Waals surface area contributed by atoms with Crippen molar-refractivity contribution in [3.8, 4) is 0 Å². The Balaban J connectivity index is 3.14. The Morgan fingerprint density at radius 2 is 2.38 bits per heavy atom. The second-order valence-electron chi connectivity index (χ2n) is 3.76. The van der Waals surface area contributed by atoms with E-state index in [0.29, 0.717) is 5.56 Å². The van der Waals surface area contributed by atoms with E-state index >= 15 is 0 Å². The highest BCUT2D eigenvalue weighted by Gasteiger charge is 2.30. The Labute approximate surface area is 94.0 Å². The van der Waals surface area contributed by atoms with Gasteiger partial charge >= 0.3 is 5.97 Å². The Morgan fingerprint density at radius 3 is 2.88 bits per heavy atom. The molecule has 0 radical (unpaired) electrons. The SMILES string of the molecule is CCOC(=O)c1nn(C)cc1C(C)(O)CN. The summed E-state index contributed by atoms with van der Waals surface area (Å²) in [6.45, 7) is 3.51. The van der Waals surface area contributed by atoms with Crippen molar-refractivity contribution >= 4 is 5.97 Å². The van der Waals surface area contributed by atoms with E-state index < -0.39 is 11.6 Å². The fourth-order valence-corrected chi connectivity index (χ4v) is 1.34. The second-order valence-corrected chi connectivity index (χ2v) is 3.76. The molecule has 16 heavy (non-hydrogen) atoms. The molecule has 0 aliphatic heterocycles. The molecule has 0 aromatic carbocycles. The topological polar surface area (TPSA) is 90.4 Å². The number of nitrogens with zero attached hydrogens (tertiary/aromatic N) is 2. The minimum absolute atomic E-state index is 0.00506. The summed E-state index contributed by atoms with van der Waals surface area (Å²) in [5.41, 5.74) is 4.67. The van der Waals surface area contributed by atoms with Crippen LogP contribution >= 0.6 is 0 Å². The highest BCUT2D eigenvalue weighted by atomic mass is 16.5. The molecule has 0 saturated heterocycles. The summed E-state index contributed by atoms with van der Waals surface area (Å²) >= 11 is 0. The molecule has 1 aromatic heterocycles. The third kappa shape index (κ3) is 2.40. The van der Waals surface area contributed by atoms with Gasteiger partial charge in [-0.25, -0.2) is 4.79 Å². The van der Waals surface area contributed by atoms with E-state index in [0.717, 1.165) is 0 Å². The highest BCUT2D eigenvalue weighted by molar-refractivity contribution is 5.89. The van der Waals surface area contributed by atoms with Crippen LogP contribution in [-0.4, -0.2) is 34.0 Å². The maximum Gasteiger partial charge on any atom is 0.359 e. The van der Waals surface area contributed by atoms with Crippen LogP contribution in [0.1, 0.15) is 29.9 Å². The first kappa shape index (κ1) is 12.7. The maximum atomic E-state index is 11.6. The molecule has 0 aliphatic rings. The first-order valence-electron chi connectivity index (χ1n) is 5.06. The largest absolute Gasteiger partial charge is 0.461 e. The third-order valence-corrected chi connectivity index (χ3v) is 2.28. The number of hydrogen-bond donors (Lipinski definition) is 2. The molecule has 1 atom stereocenters. The lowest BCUT2D eigenvalue weighted by molar-refractivity contribution is 0.0466. The van der Waals surface area contributed by atoms with Gasteiger partial charge in [0.15, 0.2) is 5.69 Å². The zero-order valence-corrected chi connectivity index (χ0v) is 9.73. The monoisotopic (exact) mass is 227 g/mol. The van der Waals surface area contributed by atoms with E-state index in [1.807, 2.05) is 0 Å². The fourth-order valence-electron chi connectivity index (χ4n) is 1.34. The van der Waals surface area contributed by atoms with E-state index in [1.165, 1.54) is 11.6 Å². The number of ether oxygens (including phenoxy) is 1. The molecule has 0 fully saturated rings. The van der Waals surface area contributed by atoms with Crippen molar-refractivity contribution in [2.75, 3.05) is 13.2 Å². The van der Waals surface area contributed by atoms with Crippen LogP contribution in [0.4, 0.5) is 0 Å². The van der Waals surface area contributed by atoms with Crippen molar-refractivity contribution in [1.82, 2.24) is 9.78 Å². The molecule has 3 N–H and O–H groups in total. The van der Waals surface area contributed by atoms with E-state index in [1.54, 1.807) is 20.2 Å². The summed E-state index contributed by atoms with van der Waals surface area (Å²) in [4.78, 5) is 11.6. The van der Waals surface area contributed by atoms with Crippen molar-refractivity contribution in [3.63, 3.8) is 0 Å². The van der Waals surface area contributed by atoms with E-state index in [-0.39, 0.29) is 18.8 Å². The second kappa shape index (κ2) is 4.63. The molecule has 1 heterocycles. The van der Waals surface area contributed by atoms with Crippen molar-refractivity contribution in [2.24, 2.45) is 12.8 Å². The lowest BCUT2D eigenvalue weighted by Gasteiger charge is -2.20. The first-order chi connectivity index (χ1) is 7.42. The summed E-state index contributed by atoms with van der Waals surface area (Å²) in [6, 6.07) is 0. The molecule has 1 rings (SSSR count). The van der Waals surface area contributed by atoms with Crippen LogP contribution in [0.2, 0.25) is 0 Å². The number of aryl methyl sites for hydroxylation is 1. The van der Waals surface area contributed by atoms with Crippen LogP contribution in [0.3, 0.4) is 0 Å². The number of nitrogens with two attached hydrogens (primary N) is 1. The molecule has 1 aromatic rings. The standard InChI is InChI=1S/C10H17N3O3/c1-4-16-9(14)8-7(5-13(3)12-8)10(2,15)6-11/h5,15H,4,6,11H2,1-3H3. The molecular weight excluding hydrogens is 210 g/mol. The average molecular weight is 227 g/mol. The minimum Gasteiger partial charge on any atom is -0.461 e. The highest BCUT2D eigenvalue weighted by Crippen LogP contribution is 2.22. The number of carbonyl (C=O) groups is 1. The van der Waals surface area contributed by atoms with Gasteiger partial charge in [-0.05, 0) is 13.8 Å². The van der Waals surface area contributed by atoms with Gasteiger partial charge in [-0.3, -0.25) is 4.68 Å².